The Morgan fingerprint density at radius 3 is 2.55 bits per heavy atom. The zero-order valence-electron chi connectivity index (χ0n) is 15.6. The molecule has 1 aliphatic rings. The molecular weight excluding hydrogens is 401 g/mol. The summed E-state index contributed by atoms with van der Waals surface area (Å²) in [6, 6.07) is 1.69. The molecule has 1 saturated heterocycles. The maximum atomic E-state index is 13.9. The number of morpholine rings is 1. The lowest BCUT2D eigenvalue weighted by Gasteiger charge is -2.26. The first-order chi connectivity index (χ1) is 13.6. The van der Waals surface area contributed by atoms with Gasteiger partial charge >= 0.3 is 12.1 Å². The Kier molecular flexibility index (Phi) is 6.03. The standard InChI is InChI=1S/C17H20F5N5O2/c1-11-9-13(16(18,19)17(20,21)22)27-14(24-11)10-12(25-27)15(28)23-3-2-4-26-5-7-29-8-6-26/h9-10H,2-8H2,1H3,(H,23,28). The molecule has 3 heterocycles. The van der Waals surface area contributed by atoms with Crippen molar-refractivity contribution in [3.8, 4) is 0 Å². The molecule has 0 radical (unpaired) electrons. The van der Waals surface area contributed by atoms with Crippen molar-refractivity contribution in [2.75, 3.05) is 39.4 Å². The number of carbonyl (C=O) groups excluding carboxylic acids is 1. The third-order valence-corrected chi connectivity index (χ3v) is 4.51. The SMILES string of the molecule is Cc1cc(C(F)(F)C(F)(F)F)n2nc(C(=O)NCCCN3CCOCC3)cc2n1. The molecule has 1 aliphatic heterocycles. The number of nitrogens with one attached hydrogen (secondary N) is 1. The number of carbonyl (C=O) groups is 1. The van der Waals surface area contributed by atoms with Crippen LogP contribution >= 0.6 is 0 Å². The first-order valence-electron chi connectivity index (χ1n) is 9.00. The molecule has 160 valence electrons. The molecule has 0 unspecified atom stereocenters. The number of hydrogen-bond donors (Lipinski definition) is 1. The number of ether oxygens (including phenoxy) is 1. The molecule has 2 aromatic heterocycles. The Hall–Kier alpha value is -2.34. The van der Waals surface area contributed by atoms with Gasteiger partial charge < -0.3 is 10.1 Å². The van der Waals surface area contributed by atoms with E-state index in [9.17, 15) is 26.7 Å². The fraction of sp³-hybridized carbons (Fsp3) is 0.588. The highest BCUT2D eigenvalue weighted by Gasteiger charge is 2.60. The Morgan fingerprint density at radius 1 is 1.21 bits per heavy atom. The van der Waals surface area contributed by atoms with Crippen LogP contribution in [0.25, 0.3) is 5.65 Å². The van der Waals surface area contributed by atoms with Gasteiger partial charge in [-0.05, 0) is 26.0 Å². The van der Waals surface area contributed by atoms with Gasteiger partial charge in [-0.15, -0.1) is 0 Å². The third kappa shape index (κ3) is 4.64. The fourth-order valence-electron chi connectivity index (χ4n) is 3.00. The predicted octanol–water partition coefficient (Wildman–Crippen LogP) is 2.14. The van der Waals surface area contributed by atoms with Gasteiger partial charge in [-0.3, -0.25) is 9.69 Å². The first kappa shape index (κ1) is 21.4. The number of rotatable bonds is 6. The Bertz CT molecular complexity index is 877. The van der Waals surface area contributed by atoms with Crippen LogP contribution in [0.1, 0.15) is 28.3 Å². The number of hydrogen-bond acceptors (Lipinski definition) is 5. The van der Waals surface area contributed by atoms with Crippen LogP contribution in [0, 0.1) is 6.92 Å². The van der Waals surface area contributed by atoms with Crippen molar-refractivity contribution in [1.29, 1.82) is 0 Å². The average molecular weight is 421 g/mol. The van der Waals surface area contributed by atoms with Crippen LogP contribution in [0.4, 0.5) is 22.0 Å². The molecule has 3 rings (SSSR count). The lowest BCUT2D eigenvalue weighted by Crippen LogP contribution is -2.38. The van der Waals surface area contributed by atoms with E-state index in [4.69, 9.17) is 4.74 Å². The number of aryl methyl sites for hydroxylation is 1. The molecule has 29 heavy (non-hydrogen) atoms. The quantitative estimate of drug-likeness (QED) is 0.572. The Morgan fingerprint density at radius 2 is 1.90 bits per heavy atom. The summed E-state index contributed by atoms with van der Waals surface area (Å²) in [5.74, 6) is -5.81. The maximum Gasteiger partial charge on any atom is 0.459 e. The van der Waals surface area contributed by atoms with Gasteiger partial charge in [0.15, 0.2) is 11.3 Å². The number of alkyl halides is 5. The lowest BCUT2D eigenvalue weighted by molar-refractivity contribution is -0.291. The van der Waals surface area contributed by atoms with Crippen LogP contribution in [-0.2, 0) is 10.7 Å². The lowest BCUT2D eigenvalue weighted by atomic mass is 10.2. The van der Waals surface area contributed by atoms with E-state index in [-0.39, 0.29) is 17.0 Å². The number of fused-ring (bicyclic) bond motifs is 1. The first-order valence-corrected chi connectivity index (χ1v) is 9.00. The molecule has 1 amide bonds. The van der Waals surface area contributed by atoms with Gasteiger partial charge in [0, 0.05) is 31.4 Å². The summed E-state index contributed by atoms with van der Waals surface area (Å²) >= 11 is 0. The summed E-state index contributed by atoms with van der Waals surface area (Å²) in [6.45, 7) is 5.27. The van der Waals surface area contributed by atoms with Crippen molar-refractivity contribution in [3.05, 3.63) is 29.2 Å². The minimum atomic E-state index is -5.80. The van der Waals surface area contributed by atoms with Crippen LogP contribution in [0.15, 0.2) is 12.1 Å². The number of aromatic nitrogens is 3. The summed E-state index contributed by atoms with van der Waals surface area (Å²) in [6.07, 6.45) is -5.16. The zero-order chi connectivity index (χ0) is 21.2. The van der Waals surface area contributed by atoms with Crippen molar-refractivity contribution in [2.24, 2.45) is 0 Å². The maximum absolute atomic E-state index is 13.9. The number of halogens is 5. The number of amides is 1. The predicted molar refractivity (Wildman–Crippen MR) is 91.9 cm³/mol. The van der Waals surface area contributed by atoms with Crippen molar-refractivity contribution < 1.29 is 31.5 Å². The van der Waals surface area contributed by atoms with Crippen molar-refractivity contribution >= 4 is 11.6 Å². The summed E-state index contributed by atoms with van der Waals surface area (Å²) < 4.78 is 71.8. The second-order valence-electron chi connectivity index (χ2n) is 6.72. The van der Waals surface area contributed by atoms with Gasteiger partial charge in [0.05, 0.1) is 13.2 Å². The van der Waals surface area contributed by atoms with Crippen LogP contribution < -0.4 is 5.32 Å². The van der Waals surface area contributed by atoms with E-state index in [0.29, 0.717) is 36.8 Å². The summed E-state index contributed by atoms with van der Waals surface area (Å²) in [4.78, 5) is 18.3. The topological polar surface area (TPSA) is 71.8 Å². The number of nitrogens with zero attached hydrogens (tertiary/aromatic N) is 4. The minimum Gasteiger partial charge on any atom is -0.379 e. The molecule has 0 aromatic carbocycles. The minimum absolute atomic E-state index is 0.0474. The zero-order valence-corrected chi connectivity index (χ0v) is 15.6. The second kappa shape index (κ2) is 8.19. The van der Waals surface area contributed by atoms with E-state index < -0.39 is 23.7 Å². The van der Waals surface area contributed by atoms with Gasteiger partial charge in [-0.1, -0.05) is 0 Å². The Labute approximate surface area is 162 Å². The molecule has 12 heteroatoms. The molecule has 0 bridgehead atoms. The Balaban J connectivity index is 1.72. The molecule has 1 fully saturated rings. The van der Waals surface area contributed by atoms with Gasteiger partial charge in [-0.25, -0.2) is 9.50 Å². The fourth-order valence-corrected chi connectivity index (χ4v) is 3.00. The van der Waals surface area contributed by atoms with Gasteiger partial charge in [0.25, 0.3) is 5.91 Å². The van der Waals surface area contributed by atoms with Crippen LogP contribution in [0.2, 0.25) is 0 Å². The molecular formula is C17H20F5N5O2. The highest BCUT2D eigenvalue weighted by Crippen LogP contribution is 2.43. The molecule has 1 N–H and O–H groups in total. The van der Waals surface area contributed by atoms with Gasteiger partial charge in [0.1, 0.15) is 5.69 Å². The summed E-state index contributed by atoms with van der Waals surface area (Å²) in [5.41, 5.74) is -1.98. The molecule has 0 spiro atoms. The molecule has 0 aliphatic carbocycles. The highest BCUT2D eigenvalue weighted by molar-refractivity contribution is 5.93. The highest BCUT2D eigenvalue weighted by atomic mass is 19.4. The third-order valence-electron chi connectivity index (χ3n) is 4.51. The molecule has 2 aromatic rings. The van der Waals surface area contributed by atoms with E-state index in [1.807, 2.05) is 0 Å². The van der Waals surface area contributed by atoms with Crippen LogP contribution in [-0.4, -0.2) is 71.0 Å². The van der Waals surface area contributed by atoms with Crippen LogP contribution in [0.5, 0.6) is 0 Å². The molecule has 7 nitrogen and oxygen atoms in total. The van der Waals surface area contributed by atoms with Gasteiger partial charge in [0.2, 0.25) is 0 Å². The second-order valence-corrected chi connectivity index (χ2v) is 6.72. The summed E-state index contributed by atoms with van der Waals surface area (Å²) in [7, 11) is 0. The van der Waals surface area contributed by atoms with Crippen molar-refractivity contribution in [3.63, 3.8) is 0 Å². The van der Waals surface area contributed by atoms with E-state index in [1.54, 1.807) is 0 Å². The van der Waals surface area contributed by atoms with E-state index >= 15 is 0 Å². The van der Waals surface area contributed by atoms with E-state index in [0.717, 1.165) is 25.7 Å². The average Bonchev–Trinajstić information content (AvgIpc) is 3.08. The van der Waals surface area contributed by atoms with Crippen molar-refractivity contribution in [2.45, 2.75) is 25.4 Å². The molecule has 0 atom stereocenters. The van der Waals surface area contributed by atoms with E-state index in [1.165, 1.54) is 6.92 Å². The van der Waals surface area contributed by atoms with Crippen molar-refractivity contribution in [1.82, 2.24) is 24.8 Å². The van der Waals surface area contributed by atoms with Crippen LogP contribution in [0.3, 0.4) is 0 Å². The molecule has 0 saturated carbocycles. The largest absolute Gasteiger partial charge is 0.459 e. The monoisotopic (exact) mass is 421 g/mol. The van der Waals surface area contributed by atoms with Gasteiger partial charge in [-0.2, -0.15) is 27.1 Å². The van der Waals surface area contributed by atoms with E-state index in [2.05, 4.69) is 20.3 Å². The summed E-state index contributed by atoms with van der Waals surface area (Å²) in [5, 5.41) is 6.23. The normalized spacial score (nSPS) is 16.3. The smallest absolute Gasteiger partial charge is 0.379 e.